The molecule has 0 aliphatic rings. The summed E-state index contributed by atoms with van der Waals surface area (Å²) >= 11 is 1.34. The number of nitrogens with two attached hydrogens (primary N) is 1. The van der Waals surface area contributed by atoms with E-state index in [0.29, 0.717) is 16.5 Å². The minimum absolute atomic E-state index is 0.0274. The van der Waals surface area contributed by atoms with E-state index in [1.54, 1.807) is 24.3 Å². The number of anilines is 1. The second-order valence-electron chi connectivity index (χ2n) is 5.31. The molecule has 0 saturated heterocycles. The summed E-state index contributed by atoms with van der Waals surface area (Å²) in [4.78, 5) is 10.3. The predicted octanol–water partition coefficient (Wildman–Crippen LogP) is 2.78. The molecule has 9 nitrogen and oxygen atoms in total. The molecule has 11 heteroatoms. The molecule has 0 radical (unpaired) electrons. The number of nitrogens with zero attached hydrogens (tertiary/aromatic N) is 5. The predicted molar refractivity (Wildman–Crippen MR) is 100 cm³/mol. The summed E-state index contributed by atoms with van der Waals surface area (Å²) in [6.07, 6.45) is 1.41. The third-order valence-electron chi connectivity index (χ3n) is 3.40. The van der Waals surface area contributed by atoms with Gasteiger partial charge < -0.3 is 5.84 Å². The number of nitro groups is 1. The number of thioether (sulfide) groups is 1. The summed E-state index contributed by atoms with van der Waals surface area (Å²) in [6.45, 7) is 0. The van der Waals surface area contributed by atoms with Crippen LogP contribution in [0, 0.1) is 15.9 Å². The van der Waals surface area contributed by atoms with E-state index < -0.39 is 4.92 Å². The molecule has 0 aliphatic heterocycles. The van der Waals surface area contributed by atoms with Crippen LogP contribution in [-0.4, -0.2) is 26.0 Å². The van der Waals surface area contributed by atoms with Crippen molar-refractivity contribution in [3.8, 4) is 0 Å². The van der Waals surface area contributed by atoms with Gasteiger partial charge in [0.1, 0.15) is 5.82 Å². The molecule has 27 heavy (non-hydrogen) atoms. The summed E-state index contributed by atoms with van der Waals surface area (Å²) < 4.78 is 14.1. The highest BCUT2D eigenvalue weighted by molar-refractivity contribution is 7.98. The van der Waals surface area contributed by atoms with E-state index in [1.807, 2.05) is 0 Å². The number of benzene rings is 2. The molecule has 0 unspecified atom stereocenters. The number of rotatable bonds is 7. The second-order valence-corrected chi connectivity index (χ2v) is 6.26. The number of aromatic nitrogens is 3. The number of nitro benzene ring substituents is 1. The number of hydrogen-bond acceptors (Lipinski definition) is 8. The molecule has 0 fully saturated rings. The van der Waals surface area contributed by atoms with Crippen molar-refractivity contribution in [3.63, 3.8) is 0 Å². The van der Waals surface area contributed by atoms with Gasteiger partial charge in [0, 0.05) is 23.4 Å². The van der Waals surface area contributed by atoms with Crippen LogP contribution in [-0.2, 0) is 5.75 Å². The highest BCUT2D eigenvalue weighted by Crippen LogP contribution is 2.21. The molecule has 0 saturated carbocycles. The summed E-state index contributed by atoms with van der Waals surface area (Å²) in [7, 11) is 0. The van der Waals surface area contributed by atoms with Crippen molar-refractivity contribution >= 4 is 29.6 Å². The Hall–Kier alpha value is -3.47. The van der Waals surface area contributed by atoms with Crippen LogP contribution in [0.5, 0.6) is 0 Å². The SMILES string of the molecule is Nn1c(N/N=C/c2cccc([N+](=O)[O-])c2)nnc1SCc1ccc(F)cc1. The maximum atomic E-state index is 12.9. The average Bonchev–Trinajstić information content (AvgIpc) is 3.01. The minimum Gasteiger partial charge on any atom is -0.334 e. The topological polar surface area (TPSA) is 124 Å². The Kier molecular flexibility index (Phi) is 5.61. The molecule has 0 atom stereocenters. The van der Waals surface area contributed by atoms with Gasteiger partial charge in [0.2, 0.25) is 5.16 Å². The lowest BCUT2D eigenvalue weighted by Crippen LogP contribution is -2.13. The van der Waals surface area contributed by atoms with Crippen molar-refractivity contribution in [2.45, 2.75) is 10.9 Å². The van der Waals surface area contributed by atoms with Gasteiger partial charge in [0.05, 0.1) is 11.1 Å². The third kappa shape index (κ3) is 4.79. The van der Waals surface area contributed by atoms with Crippen LogP contribution in [0.3, 0.4) is 0 Å². The van der Waals surface area contributed by atoms with E-state index >= 15 is 0 Å². The lowest BCUT2D eigenvalue weighted by atomic mass is 10.2. The first-order chi connectivity index (χ1) is 13.0. The van der Waals surface area contributed by atoms with Crippen LogP contribution >= 0.6 is 11.8 Å². The number of hydrogen-bond donors (Lipinski definition) is 2. The number of nitrogens with one attached hydrogen (secondary N) is 1. The molecule has 2 aromatic carbocycles. The van der Waals surface area contributed by atoms with E-state index in [-0.39, 0.29) is 17.5 Å². The fourth-order valence-electron chi connectivity index (χ4n) is 2.06. The van der Waals surface area contributed by atoms with Gasteiger partial charge in [-0.3, -0.25) is 10.1 Å². The molecule has 1 heterocycles. The highest BCUT2D eigenvalue weighted by Gasteiger charge is 2.10. The molecule has 138 valence electrons. The van der Waals surface area contributed by atoms with Crippen LogP contribution in [0.1, 0.15) is 11.1 Å². The zero-order valence-electron chi connectivity index (χ0n) is 13.8. The van der Waals surface area contributed by atoms with Gasteiger partial charge in [0.25, 0.3) is 11.6 Å². The summed E-state index contributed by atoms with van der Waals surface area (Å²) in [5.74, 6) is 6.38. The molecule has 1 aromatic heterocycles. The summed E-state index contributed by atoms with van der Waals surface area (Å²) in [6, 6.07) is 12.2. The maximum absolute atomic E-state index is 12.9. The molecule has 0 amide bonds. The van der Waals surface area contributed by atoms with Crippen molar-refractivity contribution in [1.82, 2.24) is 14.9 Å². The largest absolute Gasteiger partial charge is 0.334 e. The first kappa shape index (κ1) is 18.3. The van der Waals surface area contributed by atoms with E-state index in [1.165, 1.54) is 46.9 Å². The molecule has 3 aromatic rings. The van der Waals surface area contributed by atoms with Gasteiger partial charge in [-0.2, -0.15) is 5.10 Å². The Morgan fingerprint density at radius 2 is 2.07 bits per heavy atom. The maximum Gasteiger partial charge on any atom is 0.270 e. The zero-order chi connectivity index (χ0) is 19.2. The number of nitrogen functional groups attached to an aromatic ring is 1. The van der Waals surface area contributed by atoms with E-state index in [9.17, 15) is 14.5 Å². The van der Waals surface area contributed by atoms with Crippen molar-refractivity contribution in [2.75, 3.05) is 11.3 Å². The first-order valence-electron chi connectivity index (χ1n) is 7.64. The van der Waals surface area contributed by atoms with Crippen LogP contribution in [0.25, 0.3) is 0 Å². The third-order valence-corrected chi connectivity index (χ3v) is 4.42. The van der Waals surface area contributed by atoms with Gasteiger partial charge >= 0.3 is 0 Å². The van der Waals surface area contributed by atoms with E-state index in [2.05, 4.69) is 20.7 Å². The highest BCUT2D eigenvalue weighted by atomic mass is 32.2. The van der Waals surface area contributed by atoms with Crippen LogP contribution in [0.2, 0.25) is 0 Å². The van der Waals surface area contributed by atoms with Crippen molar-refractivity contribution in [1.29, 1.82) is 0 Å². The van der Waals surface area contributed by atoms with Gasteiger partial charge in [-0.05, 0) is 17.7 Å². The number of hydrazone groups is 1. The van der Waals surface area contributed by atoms with Crippen LogP contribution < -0.4 is 11.3 Å². The molecule has 0 aliphatic carbocycles. The Balaban J connectivity index is 1.60. The number of non-ortho nitro benzene ring substituents is 1. The first-order valence-corrected chi connectivity index (χ1v) is 8.63. The minimum atomic E-state index is -0.480. The molecular formula is C16H14FN7O2S. The van der Waals surface area contributed by atoms with Gasteiger partial charge in [-0.25, -0.2) is 14.5 Å². The van der Waals surface area contributed by atoms with Crippen molar-refractivity contribution in [3.05, 3.63) is 75.6 Å². The second kappa shape index (κ2) is 8.27. The average molecular weight is 387 g/mol. The van der Waals surface area contributed by atoms with Gasteiger partial charge in [-0.15, -0.1) is 10.2 Å². The Labute approximate surface area is 157 Å². The standard InChI is InChI=1S/C16H14FN7O2S/c17-13-6-4-11(5-7-13)10-27-16-22-21-15(23(16)18)20-19-9-12-2-1-3-14(8-12)24(25)26/h1-9H,10,18H2,(H,20,21)/b19-9+. The summed E-state index contributed by atoms with van der Waals surface area (Å²) in [5.41, 5.74) is 4.08. The smallest absolute Gasteiger partial charge is 0.270 e. The Bertz CT molecular complexity index is 975. The number of halogens is 1. The quantitative estimate of drug-likeness (QED) is 0.210. The lowest BCUT2D eigenvalue weighted by Gasteiger charge is -2.03. The monoisotopic (exact) mass is 387 g/mol. The fraction of sp³-hybridized carbons (Fsp3) is 0.0625. The molecule has 0 spiro atoms. The van der Waals surface area contributed by atoms with Crippen molar-refractivity contribution in [2.24, 2.45) is 5.10 Å². The van der Waals surface area contributed by atoms with Gasteiger partial charge in [0.15, 0.2) is 0 Å². The Morgan fingerprint density at radius 3 is 2.81 bits per heavy atom. The summed E-state index contributed by atoms with van der Waals surface area (Å²) in [5, 5.41) is 23.0. The zero-order valence-corrected chi connectivity index (χ0v) is 14.6. The molecule has 3 N–H and O–H groups in total. The van der Waals surface area contributed by atoms with Crippen molar-refractivity contribution < 1.29 is 9.31 Å². The molecule has 0 bridgehead atoms. The molecule has 3 rings (SSSR count). The molecular weight excluding hydrogens is 373 g/mol. The van der Waals surface area contributed by atoms with E-state index in [4.69, 9.17) is 5.84 Å². The normalized spacial score (nSPS) is 11.0. The lowest BCUT2D eigenvalue weighted by molar-refractivity contribution is -0.384. The van der Waals surface area contributed by atoms with Crippen LogP contribution in [0.15, 0.2) is 58.8 Å². The fourth-order valence-corrected chi connectivity index (χ4v) is 2.88. The van der Waals surface area contributed by atoms with Gasteiger partial charge in [-0.1, -0.05) is 36.0 Å². The Morgan fingerprint density at radius 1 is 1.30 bits per heavy atom. The van der Waals surface area contributed by atoms with Crippen LogP contribution in [0.4, 0.5) is 16.0 Å². The van der Waals surface area contributed by atoms with E-state index in [0.717, 1.165) is 5.56 Å².